The van der Waals surface area contributed by atoms with Gasteiger partial charge in [-0.25, -0.2) is 4.39 Å². The predicted molar refractivity (Wildman–Crippen MR) is 53.6 cm³/mol. The Bertz CT molecular complexity index is 315. The highest BCUT2D eigenvalue weighted by Crippen LogP contribution is 2.27. The molecule has 0 amide bonds. The molecule has 13 heavy (non-hydrogen) atoms. The molecule has 4 heteroatoms. The molecule has 0 spiro atoms. The smallest absolute Gasteiger partial charge is 0.128 e. The second-order valence-electron chi connectivity index (χ2n) is 2.93. The summed E-state index contributed by atoms with van der Waals surface area (Å²) in [6.07, 6.45) is 0. The molecule has 0 aromatic heterocycles. The minimum atomic E-state index is -0.264. The molecule has 1 aromatic carbocycles. The highest BCUT2D eigenvalue weighted by Gasteiger charge is 2.08. The number of benzene rings is 1. The zero-order valence-corrected chi connectivity index (χ0v) is 8.40. The van der Waals surface area contributed by atoms with Crippen LogP contribution in [0.5, 0.6) is 0 Å². The molecule has 0 saturated carbocycles. The highest BCUT2D eigenvalue weighted by molar-refractivity contribution is 6.33. The van der Waals surface area contributed by atoms with Crippen LogP contribution in [0.3, 0.4) is 0 Å². The third-order valence-electron chi connectivity index (χ3n) is 1.91. The van der Waals surface area contributed by atoms with Crippen LogP contribution in [0.1, 0.15) is 5.56 Å². The summed E-state index contributed by atoms with van der Waals surface area (Å²) in [4.78, 5) is 1.69. The summed E-state index contributed by atoms with van der Waals surface area (Å²) in [5, 5.41) is 0.520. The molecule has 0 fully saturated rings. The van der Waals surface area contributed by atoms with Crippen LogP contribution in [0.2, 0.25) is 5.02 Å². The number of nitrogens with two attached hydrogens (primary N) is 1. The van der Waals surface area contributed by atoms with Crippen LogP contribution >= 0.6 is 11.6 Å². The Kier molecular flexibility index (Phi) is 3.12. The first-order valence-electron chi connectivity index (χ1n) is 3.93. The fourth-order valence-electron chi connectivity index (χ4n) is 1.03. The van der Waals surface area contributed by atoms with E-state index in [4.69, 9.17) is 17.3 Å². The maximum Gasteiger partial charge on any atom is 0.128 e. The Labute approximate surface area is 82.1 Å². The lowest BCUT2D eigenvalue weighted by Gasteiger charge is -2.18. The van der Waals surface area contributed by atoms with Gasteiger partial charge in [0.15, 0.2) is 0 Å². The zero-order chi connectivity index (χ0) is 10.0. The van der Waals surface area contributed by atoms with E-state index >= 15 is 0 Å². The van der Waals surface area contributed by atoms with E-state index < -0.39 is 0 Å². The SMILES string of the molecule is Cc1cc(Cl)c(N(C)CN)cc1F. The normalized spacial score (nSPS) is 10.2. The summed E-state index contributed by atoms with van der Waals surface area (Å²) >= 11 is 5.91. The fourth-order valence-corrected chi connectivity index (χ4v) is 1.39. The minimum absolute atomic E-state index is 0.264. The third kappa shape index (κ3) is 2.11. The fraction of sp³-hybridized carbons (Fsp3) is 0.333. The molecular formula is C9H12ClFN2. The lowest BCUT2D eigenvalue weighted by atomic mass is 10.2. The second kappa shape index (κ2) is 3.94. The van der Waals surface area contributed by atoms with Crippen LogP contribution in [0, 0.1) is 12.7 Å². The maximum absolute atomic E-state index is 13.1. The molecule has 1 rings (SSSR count). The predicted octanol–water partition coefficient (Wildman–Crippen LogP) is 2.14. The molecule has 0 aliphatic heterocycles. The van der Waals surface area contributed by atoms with Crippen molar-refractivity contribution in [2.75, 3.05) is 18.6 Å². The van der Waals surface area contributed by atoms with E-state index in [0.717, 1.165) is 0 Å². The van der Waals surface area contributed by atoms with Gasteiger partial charge in [-0.15, -0.1) is 0 Å². The van der Waals surface area contributed by atoms with Crippen LogP contribution in [-0.2, 0) is 0 Å². The van der Waals surface area contributed by atoms with E-state index in [1.165, 1.54) is 6.07 Å². The number of nitrogens with zero attached hydrogens (tertiary/aromatic N) is 1. The van der Waals surface area contributed by atoms with Crippen LogP contribution in [0.15, 0.2) is 12.1 Å². The third-order valence-corrected chi connectivity index (χ3v) is 2.22. The summed E-state index contributed by atoms with van der Waals surface area (Å²) in [5.74, 6) is -0.264. The van der Waals surface area contributed by atoms with Crippen LogP contribution in [0.4, 0.5) is 10.1 Å². The van der Waals surface area contributed by atoms with Gasteiger partial charge in [-0.2, -0.15) is 0 Å². The summed E-state index contributed by atoms with van der Waals surface area (Å²) in [5.41, 5.74) is 6.56. The average Bonchev–Trinajstić information content (AvgIpc) is 2.10. The molecule has 0 unspecified atom stereocenters. The molecular weight excluding hydrogens is 191 g/mol. The van der Waals surface area contributed by atoms with Crippen molar-refractivity contribution in [3.8, 4) is 0 Å². The zero-order valence-electron chi connectivity index (χ0n) is 7.64. The van der Waals surface area contributed by atoms with Gasteiger partial charge in [-0.3, -0.25) is 0 Å². The number of hydrogen-bond donors (Lipinski definition) is 1. The van der Waals surface area contributed by atoms with Crippen LogP contribution in [-0.4, -0.2) is 13.7 Å². The number of hydrogen-bond acceptors (Lipinski definition) is 2. The maximum atomic E-state index is 13.1. The lowest BCUT2D eigenvalue weighted by Crippen LogP contribution is -2.25. The number of anilines is 1. The van der Waals surface area contributed by atoms with E-state index in [0.29, 0.717) is 22.9 Å². The molecule has 0 aliphatic rings. The number of aryl methyl sites for hydroxylation is 1. The molecule has 2 N–H and O–H groups in total. The first-order chi connectivity index (χ1) is 6.06. The number of rotatable bonds is 2. The van der Waals surface area contributed by atoms with Crippen molar-refractivity contribution in [1.82, 2.24) is 0 Å². The molecule has 0 atom stereocenters. The largest absolute Gasteiger partial charge is 0.361 e. The van der Waals surface area contributed by atoms with E-state index in [-0.39, 0.29) is 5.82 Å². The van der Waals surface area contributed by atoms with Gasteiger partial charge in [0, 0.05) is 7.05 Å². The summed E-state index contributed by atoms with van der Waals surface area (Å²) < 4.78 is 13.1. The lowest BCUT2D eigenvalue weighted by molar-refractivity contribution is 0.618. The Morgan fingerprint density at radius 1 is 1.54 bits per heavy atom. The summed E-state index contributed by atoms with van der Waals surface area (Å²) in [6, 6.07) is 2.99. The Hall–Kier alpha value is -0.800. The average molecular weight is 203 g/mol. The standard InChI is InChI=1S/C9H12ClFN2/c1-6-3-7(10)9(4-8(6)11)13(2)5-12/h3-4H,5,12H2,1-2H3. The van der Waals surface area contributed by atoms with E-state index in [2.05, 4.69) is 0 Å². The van der Waals surface area contributed by atoms with E-state index in [1.54, 1.807) is 24.9 Å². The van der Waals surface area contributed by atoms with Crippen molar-refractivity contribution < 1.29 is 4.39 Å². The van der Waals surface area contributed by atoms with Crippen LogP contribution < -0.4 is 10.6 Å². The van der Waals surface area contributed by atoms with E-state index in [9.17, 15) is 4.39 Å². The van der Waals surface area contributed by atoms with Crippen molar-refractivity contribution in [2.45, 2.75) is 6.92 Å². The molecule has 0 saturated heterocycles. The summed E-state index contributed by atoms with van der Waals surface area (Å²) in [6.45, 7) is 1.98. The Morgan fingerprint density at radius 3 is 2.69 bits per heavy atom. The van der Waals surface area contributed by atoms with Crippen molar-refractivity contribution in [1.29, 1.82) is 0 Å². The molecule has 0 bridgehead atoms. The van der Waals surface area contributed by atoms with Crippen molar-refractivity contribution in [3.05, 3.63) is 28.5 Å². The Balaban J connectivity index is 3.15. The molecule has 0 radical (unpaired) electrons. The van der Waals surface area contributed by atoms with Crippen molar-refractivity contribution >= 4 is 17.3 Å². The molecule has 0 heterocycles. The second-order valence-corrected chi connectivity index (χ2v) is 3.34. The van der Waals surface area contributed by atoms with Gasteiger partial charge in [-0.05, 0) is 24.6 Å². The first kappa shape index (κ1) is 10.3. The number of halogens is 2. The van der Waals surface area contributed by atoms with Gasteiger partial charge in [0.05, 0.1) is 17.4 Å². The van der Waals surface area contributed by atoms with Gasteiger partial charge in [0.2, 0.25) is 0 Å². The topological polar surface area (TPSA) is 29.3 Å². The monoisotopic (exact) mass is 202 g/mol. The first-order valence-corrected chi connectivity index (χ1v) is 4.31. The molecule has 0 aliphatic carbocycles. The van der Waals surface area contributed by atoms with Gasteiger partial charge >= 0.3 is 0 Å². The minimum Gasteiger partial charge on any atom is -0.361 e. The van der Waals surface area contributed by atoms with Crippen molar-refractivity contribution in [3.63, 3.8) is 0 Å². The molecule has 2 nitrogen and oxygen atoms in total. The van der Waals surface area contributed by atoms with Crippen molar-refractivity contribution in [2.24, 2.45) is 5.73 Å². The van der Waals surface area contributed by atoms with E-state index in [1.807, 2.05) is 0 Å². The molecule has 1 aromatic rings. The van der Waals surface area contributed by atoms with Gasteiger partial charge in [-0.1, -0.05) is 11.6 Å². The van der Waals surface area contributed by atoms with Gasteiger partial charge < -0.3 is 10.6 Å². The van der Waals surface area contributed by atoms with Gasteiger partial charge in [0.25, 0.3) is 0 Å². The highest BCUT2D eigenvalue weighted by atomic mass is 35.5. The van der Waals surface area contributed by atoms with Gasteiger partial charge in [0.1, 0.15) is 5.82 Å². The Morgan fingerprint density at radius 2 is 2.15 bits per heavy atom. The molecule has 72 valence electrons. The quantitative estimate of drug-likeness (QED) is 0.745. The summed E-state index contributed by atoms with van der Waals surface area (Å²) in [7, 11) is 1.76. The van der Waals surface area contributed by atoms with Crippen LogP contribution in [0.25, 0.3) is 0 Å².